The van der Waals surface area contributed by atoms with E-state index < -0.39 is 0 Å². The summed E-state index contributed by atoms with van der Waals surface area (Å²) in [4.78, 5) is 22.4. The highest BCUT2D eigenvalue weighted by Gasteiger charge is 2.01. The van der Waals surface area contributed by atoms with Crippen LogP contribution in [0.2, 0.25) is 0 Å². The lowest BCUT2D eigenvalue weighted by atomic mass is 10.0. The molecule has 0 aromatic heterocycles. The van der Waals surface area contributed by atoms with Gasteiger partial charge >= 0.3 is 11.9 Å². The summed E-state index contributed by atoms with van der Waals surface area (Å²) in [6.45, 7) is 4.67. The van der Waals surface area contributed by atoms with Crippen LogP contribution < -0.4 is 0 Å². The van der Waals surface area contributed by atoms with Gasteiger partial charge in [-0.2, -0.15) is 0 Å². The number of carbonyl (C=O) groups is 2. The molecule has 0 unspecified atom stereocenters. The number of esters is 2. The van der Waals surface area contributed by atoms with E-state index >= 15 is 0 Å². The molecule has 0 saturated heterocycles. The standard InChI is InChI=1S/C24H44O4/c1-3-27-23(25)21-19-17-15-13-11-9-7-5-6-8-10-12-14-16-18-20-22-24(26)28-4-2/h13,15H,3-12,14,16-22H2,1-2H3/b15-13+. The lowest BCUT2D eigenvalue weighted by Gasteiger charge is -2.03. The average Bonchev–Trinajstić information content (AvgIpc) is 2.67. The molecule has 0 N–H and O–H groups in total. The second-order valence-corrected chi connectivity index (χ2v) is 7.40. The molecule has 28 heavy (non-hydrogen) atoms. The van der Waals surface area contributed by atoms with Gasteiger partial charge in [0.1, 0.15) is 0 Å². The van der Waals surface area contributed by atoms with Gasteiger partial charge in [-0.1, -0.05) is 69.9 Å². The molecule has 0 heterocycles. The lowest BCUT2D eigenvalue weighted by molar-refractivity contribution is -0.144. The highest BCUT2D eigenvalue weighted by molar-refractivity contribution is 5.69. The van der Waals surface area contributed by atoms with E-state index in [2.05, 4.69) is 12.2 Å². The van der Waals surface area contributed by atoms with Gasteiger partial charge in [-0.05, 0) is 46.0 Å². The highest BCUT2D eigenvalue weighted by Crippen LogP contribution is 2.13. The number of rotatable bonds is 20. The fraction of sp³-hybridized carbons (Fsp3) is 0.833. The SMILES string of the molecule is CCOC(=O)CCC/C=C/CCCCCCCCCCCCCC(=O)OCC. The van der Waals surface area contributed by atoms with Gasteiger partial charge in [0.15, 0.2) is 0 Å². The third-order valence-corrected chi connectivity index (χ3v) is 4.78. The van der Waals surface area contributed by atoms with Crippen molar-refractivity contribution >= 4 is 11.9 Å². The van der Waals surface area contributed by atoms with E-state index in [0.29, 0.717) is 26.1 Å². The van der Waals surface area contributed by atoms with Gasteiger partial charge in [-0.15, -0.1) is 0 Å². The maximum absolute atomic E-state index is 11.2. The lowest BCUT2D eigenvalue weighted by Crippen LogP contribution is -2.03. The minimum absolute atomic E-state index is 0.0491. The molecule has 0 aliphatic rings. The van der Waals surface area contributed by atoms with Crippen molar-refractivity contribution in [2.24, 2.45) is 0 Å². The van der Waals surface area contributed by atoms with E-state index in [1.807, 2.05) is 13.8 Å². The third-order valence-electron chi connectivity index (χ3n) is 4.78. The topological polar surface area (TPSA) is 52.6 Å². The Labute approximate surface area is 173 Å². The van der Waals surface area contributed by atoms with E-state index in [9.17, 15) is 9.59 Å². The zero-order chi connectivity index (χ0) is 20.7. The first-order valence-electron chi connectivity index (χ1n) is 11.7. The predicted octanol–water partition coefficient (Wildman–Crippen LogP) is 6.91. The highest BCUT2D eigenvalue weighted by atomic mass is 16.5. The molecule has 0 rings (SSSR count). The Morgan fingerprint density at radius 2 is 0.893 bits per heavy atom. The monoisotopic (exact) mass is 396 g/mol. The van der Waals surface area contributed by atoms with E-state index in [4.69, 9.17) is 9.47 Å². The maximum atomic E-state index is 11.2. The summed E-state index contributed by atoms with van der Waals surface area (Å²) in [5.74, 6) is -0.128. The first-order valence-corrected chi connectivity index (χ1v) is 11.7. The number of allylic oxidation sites excluding steroid dienone is 2. The Morgan fingerprint density at radius 3 is 1.36 bits per heavy atom. The number of carbonyl (C=O) groups excluding carboxylic acids is 2. The smallest absolute Gasteiger partial charge is 0.305 e. The van der Waals surface area contributed by atoms with Gasteiger partial charge in [0.2, 0.25) is 0 Å². The molecule has 0 saturated carbocycles. The third kappa shape index (κ3) is 21.0. The van der Waals surface area contributed by atoms with Crippen molar-refractivity contribution in [3.63, 3.8) is 0 Å². The van der Waals surface area contributed by atoms with Crippen LogP contribution in [0, 0.1) is 0 Å². The van der Waals surface area contributed by atoms with Crippen molar-refractivity contribution in [2.45, 2.75) is 117 Å². The summed E-state index contributed by atoms with van der Waals surface area (Å²) >= 11 is 0. The molecule has 0 atom stereocenters. The van der Waals surface area contributed by atoms with Gasteiger partial charge in [0, 0.05) is 12.8 Å². The second kappa shape index (κ2) is 22.0. The molecule has 0 aliphatic carbocycles. The molecule has 0 aliphatic heterocycles. The fourth-order valence-electron chi connectivity index (χ4n) is 3.19. The molecule has 4 nitrogen and oxygen atoms in total. The molecule has 0 aromatic rings. The normalized spacial score (nSPS) is 11.1. The van der Waals surface area contributed by atoms with E-state index in [0.717, 1.165) is 32.1 Å². The average molecular weight is 397 g/mol. The summed E-state index contributed by atoms with van der Waals surface area (Å²) in [5, 5.41) is 0. The van der Waals surface area contributed by atoms with Crippen molar-refractivity contribution in [2.75, 3.05) is 13.2 Å². The minimum atomic E-state index is -0.0788. The minimum Gasteiger partial charge on any atom is -0.466 e. The van der Waals surface area contributed by atoms with Crippen LogP contribution >= 0.6 is 0 Å². The molecule has 0 aromatic carbocycles. The van der Waals surface area contributed by atoms with Crippen molar-refractivity contribution in [1.29, 1.82) is 0 Å². The summed E-state index contributed by atoms with van der Waals surface area (Å²) in [5.41, 5.74) is 0. The Morgan fingerprint density at radius 1 is 0.536 bits per heavy atom. The molecule has 0 bridgehead atoms. The van der Waals surface area contributed by atoms with Gasteiger partial charge in [0.05, 0.1) is 13.2 Å². The zero-order valence-corrected chi connectivity index (χ0v) is 18.5. The summed E-state index contributed by atoms with van der Waals surface area (Å²) in [6.07, 6.45) is 22.6. The molecule has 0 radical (unpaired) electrons. The number of hydrogen-bond donors (Lipinski definition) is 0. The van der Waals surface area contributed by atoms with Crippen LogP contribution in [0.25, 0.3) is 0 Å². The maximum Gasteiger partial charge on any atom is 0.305 e. The van der Waals surface area contributed by atoms with Crippen molar-refractivity contribution in [3.8, 4) is 0 Å². The number of unbranched alkanes of at least 4 members (excludes halogenated alkanes) is 12. The largest absolute Gasteiger partial charge is 0.466 e. The second-order valence-electron chi connectivity index (χ2n) is 7.40. The van der Waals surface area contributed by atoms with Crippen molar-refractivity contribution in [1.82, 2.24) is 0 Å². The molecule has 0 amide bonds. The summed E-state index contributed by atoms with van der Waals surface area (Å²) in [6, 6.07) is 0. The number of hydrogen-bond acceptors (Lipinski definition) is 4. The van der Waals surface area contributed by atoms with Crippen LogP contribution in [0.4, 0.5) is 0 Å². The van der Waals surface area contributed by atoms with Crippen LogP contribution in [-0.2, 0) is 19.1 Å². The van der Waals surface area contributed by atoms with Gasteiger partial charge in [-0.3, -0.25) is 9.59 Å². The summed E-state index contributed by atoms with van der Waals surface area (Å²) in [7, 11) is 0. The number of ether oxygens (including phenoxy) is 2. The molecular weight excluding hydrogens is 352 g/mol. The van der Waals surface area contributed by atoms with E-state index in [-0.39, 0.29) is 11.9 Å². The van der Waals surface area contributed by atoms with Gasteiger partial charge < -0.3 is 9.47 Å². The van der Waals surface area contributed by atoms with E-state index in [1.165, 1.54) is 57.8 Å². The molecular formula is C24H44O4. The van der Waals surface area contributed by atoms with Gasteiger partial charge in [-0.25, -0.2) is 0 Å². The molecule has 0 spiro atoms. The Kier molecular flexibility index (Phi) is 20.9. The molecule has 0 fully saturated rings. The Hall–Kier alpha value is -1.32. The first kappa shape index (κ1) is 26.7. The molecule has 4 heteroatoms. The van der Waals surface area contributed by atoms with Crippen LogP contribution in [0.15, 0.2) is 12.2 Å². The molecule has 164 valence electrons. The van der Waals surface area contributed by atoms with Crippen LogP contribution in [0.1, 0.15) is 117 Å². The van der Waals surface area contributed by atoms with Crippen LogP contribution in [0.5, 0.6) is 0 Å². The predicted molar refractivity (Wildman–Crippen MR) is 116 cm³/mol. The van der Waals surface area contributed by atoms with E-state index in [1.54, 1.807) is 0 Å². The first-order chi connectivity index (χ1) is 13.7. The summed E-state index contributed by atoms with van der Waals surface area (Å²) < 4.78 is 9.84. The van der Waals surface area contributed by atoms with Crippen molar-refractivity contribution < 1.29 is 19.1 Å². The van der Waals surface area contributed by atoms with Gasteiger partial charge in [0.25, 0.3) is 0 Å². The van der Waals surface area contributed by atoms with Crippen LogP contribution in [-0.4, -0.2) is 25.2 Å². The quantitative estimate of drug-likeness (QED) is 0.127. The Bertz CT molecular complexity index is 390. The fourth-order valence-corrected chi connectivity index (χ4v) is 3.19. The zero-order valence-electron chi connectivity index (χ0n) is 18.5. The van der Waals surface area contributed by atoms with Crippen molar-refractivity contribution in [3.05, 3.63) is 12.2 Å². The Balaban J connectivity index is 3.16. The van der Waals surface area contributed by atoms with Crippen LogP contribution in [0.3, 0.4) is 0 Å².